The van der Waals surface area contributed by atoms with Crippen LogP contribution in [0.1, 0.15) is 18.5 Å². The van der Waals surface area contributed by atoms with Gasteiger partial charge in [0.05, 0.1) is 10.0 Å². The number of nitrogens with zero attached hydrogens (tertiary/aromatic N) is 1. The molecule has 0 spiro atoms. The van der Waals surface area contributed by atoms with Crippen molar-refractivity contribution in [3.63, 3.8) is 0 Å². The Hall–Kier alpha value is 0.300. The second kappa shape index (κ2) is 8.47. The molecule has 6 heteroatoms. The first-order valence-corrected chi connectivity index (χ1v) is 6.34. The molecule has 1 aromatic rings. The molecule has 0 amide bonds. The van der Waals surface area contributed by atoms with E-state index in [0.29, 0.717) is 16.1 Å². The Labute approximate surface area is 131 Å². The lowest BCUT2D eigenvalue weighted by molar-refractivity contribution is 0.185. The average molecular weight is 332 g/mol. The number of hydrogen-bond acceptors (Lipinski definition) is 2. The Kier molecular flexibility index (Phi) is 8.61. The Morgan fingerprint density at radius 1 is 1.17 bits per heavy atom. The zero-order valence-corrected chi connectivity index (χ0v) is 13.3. The number of hydrogen-bond donors (Lipinski definition) is 1. The van der Waals surface area contributed by atoms with E-state index in [1.165, 1.54) is 0 Å². The zero-order valence-electron chi connectivity index (χ0n) is 10.2. The summed E-state index contributed by atoms with van der Waals surface area (Å²) in [5, 5.41) is 4.68. The molecule has 1 saturated heterocycles. The Balaban J connectivity index is 0.00000144. The summed E-state index contributed by atoms with van der Waals surface area (Å²) >= 11 is 12.3. The van der Waals surface area contributed by atoms with Crippen molar-refractivity contribution in [1.82, 2.24) is 10.2 Å². The quantitative estimate of drug-likeness (QED) is 0.886. The van der Waals surface area contributed by atoms with Crippen molar-refractivity contribution < 1.29 is 0 Å². The second-order valence-corrected chi connectivity index (χ2v) is 4.89. The van der Waals surface area contributed by atoms with Crippen LogP contribution in [0.2, 0.25) is 10.0 Å². The van der Waals surface area contributed by atoms with E-state index in [0.717, 1.165) is 31.7 Å². The fourth-order valence-corrected chi connectivity index (χ4v) is 2.57. The van der Waals surface area contributed by atoms with Gasteiger partial charge in [0.2, 0.25) is 0 Å². The molecule has 1 aromatic carbocycles. The average Bonchev–Trinajstić information content (AvgIpc) is 2.33. The lowest BCUT2D eigenvalue weighted by Crippen LogP contribution is -2.44. The zero-order chi connectivity index (χ0) is 11.5. The van der Waals surface area contributed by atoms with Gasteiger partial charge < -0.3 is 5.32 Å². The Morgan fingerprint density at radius 3 is 2.39 bits per heavy atom. The minimum absolute atomic E-state index is 0. The predicted molar refractivity (Wildman–Crippen MR) is 83.8 cm³/mol. The second-order valence-electron chi connectivity index (χ2n) is 4.10. The smallest absolute Gasteiger partial charge is 0.0640 e. The fraction of sp³-hybridized carbons (Fsp3) is 0.500. The molecule has 1 heterocycles. The molecule has 1 N–H and O–H groups in total. The number of halogens is 4. The van der Waals surface area contributed by atoms with E-state index in [4.69, 9.17) is 23.2 Å². The molecular formula is C12H18Cl4N2. The largest absolute Gasteiger partial charge is 0.314 e. The van der Waals surface area contributed by atoms with E-state index >= 15 is 0 Å². The lowest BCUT2D eigenvalue weighted by atomic mass is 10.1. The van der Waals surface area contributed by atoms with E-state index in [2.05, 4.69) is 23.2 Å². The van der Waals surface area contributed by atoms with E-state index < -0.39 is 0 Å². The fourth-order valence-electron chi connectivity index (χ4n) is 2.11. The van der Waals surface area contributed by atoms with Crippen LogP contribution in [0.25, 0.3) is 0 Å². The molecule has 2 nitrogen and oxygen atoms in total. The molecule has 0 aliphatic carbocycles. The van der Waals surface area contributed by atoms with Gasteiger partial charge in [-0.25, -0.2) is 0 Å². The molecule has 0 radical (unpaired) electrons. The summed E-state index contributed by atoms with van der Waals surface area (Å²) in [4.78, 5) is 2.42. The molecule has 0 bridgehead atoms. The summed E-state index contributed by atoms with van der Waals surface area (Å²) in [7, 11) is 0. The number of benzene rings is 1. The molecule has 0 saturated carbocycles. The van der Waals surface area contributed by atoms with E-state index in [1.807, 2.05) is 12.1 Å². The maximum atomic E-state index is 6.23. The summed E-state index contributed by atoms with van der Waals surface area (Å²) in [5.41, 5.74) is 1.12. The molecule has 2 rings (SSSR count). The van der Waals surface area contributed by atoms with Crippen molar-refractivity contribution in [3.05, 3.63) is 33.8 Å². The first kappa shape index (κ1) is 18.3. The van der Waals surface area contributed by atoms with Gasteiger partial charge in [-0.3, -0.25) is 4.90 Å². The third-order valence-corrected chi connectivity index (χ3v) is 3.96. The minimum Gasteiger partial charge on any atom is -0.314 e. The van der Waals surface area contributed by atoms with Crippen LogP contribution >= 0.6 is 48.0 Å². The number of piperazine rings is 1. The first-order valence-electron chi connectivity index (χ1n) is 5.59. The molecule has 0 unspecified atom stereocenters. The Morgan fingerprint density at radius 2 is 1.78 bits per heavy atom. The van der Waals surface area contributed by atoms with Gasteiger partial charge in [0.15, 0.2) is 0 Å². The Bertz CT molecular complexity index is 367. The van der Waals surface area contributed by atoms with E-state index in [-0.39, 0.29) is 24.8 Å². The third kappa shape index (κ3) is 4.16. The van der Waals surface area contributed by atoms with Crippen LogP contribution in [-0.4, -0.2) is 31.1 Å². The number of rotatable bonds is 2. The van der Waals surface area contributed by atoms with Gasteiger partial charge >= 0.3 is 0 Å². The van der Waals surface area contributed by atoms with Crippen molar-refractivity contribution in [1.29, 1.82) is 0 Å². The molecule has 1 aliphatic heterocycles. The van der Waals surface area contributed by atoms with Gasteiger partial charge in [0, 0.05) is 32.2 Å². The maximum absolute atomic E-state index is 6.23. The first-order chi connectivity index (χ1) is 7.70. The monoisotopic (exact) mass is 330 g/mol. The highest BCUT2D eigenvalue weighted by Gasteiger charge is 2.20. The van der Waals surface area contributed by atoms with Crippen molar-refractivity contribution in [2.24, 2.45) is 0 Å². The third-order valence-electron chi connectivity index (χ3n) is 3.13. The molecule has 0 aromatic heterocycles. The lowest BCUT2D eigenvalue weighted by Gasteiger charge is -2.33. The summed E-state index contributed by atoms with van der Waals surface area (Å²) in [6.45, 7) is 6.39. The molecule has 104 valence electrons. The summed E-state index contributed by atoms with van der Waals surface area (Å²) in [6.07, 6.45) is 0. The summed E-state index contributed by atoms with van der Waals surface area (Å²) < 4.78 is 0. The normalized spacial score (nSPS) is 17.5. The molecular weight excluding hydrogens is 314 g/mol. The maximum Gasteiger partial charge on any atom is 0.0640 e. The van der Waals surface area contributed by atoms with Gasteiger partial charge in [-0.1, -0.05) is 35.3 Å². The van der Waals surface area contributed by atoms with Crippen molar-refractivity contribution in [2.45, 2.75) is 13.0 Å². The van der Waals surface area contributed by atoms with E-state index in [1.54, 1.807) is 0 Å². The van der Waals surface area contributed by atoms with Crippen molar-refractivity contribution in [3.8, 4) is 0 Å². The van der Waals surface area contributed by atoms with Crippen molar-refractivity contribution >= 4 is 48.0 Å². The van der Waals surface area contributed by atoms with Crippen molar-refractivity contribution in [2.75, 3.05) is 26.2 Å². The SMILES string of the molecule is C[C@@H](c1cccc(Cl)c1Cl)N1CCNCC1.Cl.Cl. The molecule has 18 heavy (non-hydrogen) atoms. The molecule has 1 fully saturated rings. The van der Waals surface area contributed by atoms with Gasteiger partial charge in [0.25, 0.3) is 0 Å². The van der Waals surface area contributed by atoms with Crippen LogP contribution in [0.3, 0.4) is 0 Å². The highest BCUT2D eigenvalue weighted by atomic mass is 35.5. The highest BCUT2D eigenvalue weighted by Crippen LogP contribution is 2.32. The van der Waals surface area contributed by atoms with Gasteiger partial charge in [-0.05, 0) is 18.6 Å². The van der Waals surface area contributed by atoms with Crippen LogP contribution in [-0.2, 0) is 0 Å². The highest BCUT2D eigenvalue weighted by molar-refractivity contribution is 6.42. The van der Waals surface area contributed by atoms with Gasteiger partial charge in [0.1, 0.15) is 0 Å². The number of nitrogens with one attached hydrogen (secondary N) is 1. The van der Waals surface area contributed by atoms with Crippen LogP contribution in [0.15, 0.2) is 18.2 Å². The molecule has 1 atom stereocenters. The minimum atomic E-state index is 0. The van der Waals surface area contributed by atoms with Crippen LogP contribution in [0, 0.1) is 0 Å². The van der Waals surface area contributed by atoms with Crippen LogP contribution in [0.5, 0.6) is 0 Å². The van der Waals surface area contributed by atoms with Gasteiger partial charge in [-0.2, -0.15) is 0 Å². The van der Waals surface area contributed by atoms with Gasteiger partial charge in [-0.15, -0.1) is 24.8 Å². The topological polar surface area (TPSA) is 15.3 Å². The standard InChI is InChI=1S/C12H16Cl2N2.2ClH/c1-9(16-7-5-15-6-8-16)10-3-2-4-11(13)12(10)14;;/h2-4,9,15H,5-8H2,1H3;2*1H/t9-;;/m0../s1. The van der Waals surface area contributed by atoms with Crippen LogP contribution in [0.4, 0.5) is 0 Å². The summed E-state index contributed by atoms with van der Waals surface area (Å²) in [5.74, 6) is 0. The predicted octanol–water partition coefficient (Wildman–Crippen LogP) is 3.80. The van der Waals surface area contributed by atoms with E-state index in [9.17, 15) is 0 Å². The summed E-state index contributed by atoms with van der Waals surface area (Å²) in [6, 6.07) is 6.18. The molecule has 1 aliphatic rings. The van der Waals surface area contributed by atoms with Crippen LogP contribution < -0.4 is 5.32 Å².